The van der Waals surface area contributed by atoms with E-state index in [9.17, 15) is 19.2 Å². The van der Waals surface area contributed by atoms with Gasteiger partial charge in [-0.3, -0.25) is 14.4 Å². The molecule has 0 rings (SSSR count). The van der Waals surface area contributed by atoms with E-state index in [0.29, 0.717) is 38.2 Å². The molecule has 0 spiro atoms. The predicted molar refractivity (Wildman–Crippen MR) is 236 cm³/mol. The summed E-state index contributed by atoms with van der Waals surface area (Å²) < 4.78 is 27.2. The largest absolute Gasteiger partial charge is 0.508 e. The monoisotopic (exact) mass is 822 g/mol. The van der Waals surface area contributed by atoms with Gasteiger partial charge in [0.25, 0.3) is 0 Å². The van der Waals surface area contributed by atoms with Crippen molar-refractivity contribution in [2.75, 3.05) is 52.7 Å². The number of unbranched alkanes of at least 4 members (excludes halogenated alkanes) is 13. The molecule has 0 aliphatic heterocycles. The minimum absolute atomic E-state index is 0.0364. The van der Waals surface area contributed by atoms with Crippen LogP contribution in [-0.2, 0) is 38.1 Å². The summed E-state index contributed by atoms with van der Waals surface area (Å²) in [4.78, 5) is 52.1. The zero-order valence-electron chi connectivity index (χ0n) is 37.9. The second kappa shape index (κ2) is 42.3. The average Bonchev–Trinajstić information content (AvgIpc) is 3.22. The lowest BCUT2D eigenvalue weighted by molar-refractivity contribution is -0.151. The number of allylic oxidation sites excluding steroid dienone is 4. The maximum Gasteiger partial charge on any atom is 0.508 e. The summed E-state index contributed by atoms with van der Waals surface area (Å²) in [7, 11) is 0. The van der Waals surface area contributed by atoms with Gasteiger partial charge >= 0.3 is 24.1 Å². The van der Waals surface area contributed by atoms with Crippen LogP contribution < -0.4 is 0 Å². The van der Waals surface area contributed by atoms with Gasteiger partial charge in [0.2, 0.25) is 0 Å². The molecule has 0 saturated carbocycles. The van der Waals surface area contributed by atoms with Gasteiger partial charge in [-0.1, -0.05) is 130 Å². The van der Waals surface area contributed by atoms with E-state index in [1.165, 1.54) is 51.4 Å². The number of carbonyl (C=O) groups excluding carboxylic acids is 4. The summed E-state index contributed by atoms with van der Waals surface area (Å²) in [5, 5.41) is 0. The molecule has 2 atom stereocenters. The number of carbonyl (C=O) groups is 4. The van der Waals surface area contributed by atoms with Crippen molar-refractivity contribution >= 4 is 24.1 Å². The molecule has 0 fully saturated rings. The zero-order valence-corrected chi connectivity index (χ0v) is 37.9. The molecule has 0 radical (unpaired) electrons. The van der Waals surface area contributed by atoms with Crippen LogP contribution in [0.5, 0.6) is 0 Å². The van der Waals surface area contributed by atoms with Crippen LogP contribution in [0.25, 0.3) is 0 Å². The maximum absolute atomic E-state index is 12.6. The third kappa shape index (κ3) is 37.4. The van der Waals surface area contributed by atoms with E-state index in [-0.39, 0.29) is 51.2 Å². The molecule has 338 valence electrons. The van der Waals surface area contributed by atoms with Crippen molar-refractivity contribution in [3.05, 3.63) is 24.3 Å². The highest BCUT2D eigenvalue weighted by Crippen LogP contribution is 2.19. The van der Waals surface area contributed by atoms with Crippen LogP contribution in [0.4, 0.5) is 4.79 Å². The van der Waals surface area contributed by atoms with Gasteiger partial charge in [0.15, 0.2) is 0 Å². The highest BCUT2D eigenvalue weighted by Gasteiger charge is 2.19. The first-order valence-electron chi connectivity index (χ1n) is 23.6. The van der Waals surface area contributed by atoms with Crippen LogP contribution in [0.3, 0.4) is 0 Å². The van der Waals surface area contributed by atoms with Crippen LogP contribution >= 0.6 is 0 Å². The number of nitrogens with zero attached hydrogens (tertiary/aromatic N) is 1. The van der Waals surface area contributed by atoms with Gasteiger partial charge in [-0.2, -0.15) is 0 Å². The van der Waals surface area contributed by atoms with Crippen molar-refractivity contribution in [3.8, 4) is 0 Å². The molecule has 0 heterocycles. The Morgan fingerprint density at radius 3 is 1.47 bits per heavy atom. The second-order valence-corrected chi connectivity index (χ2v) is 15.8. The van der Waals surface area contributed by atoms with Crippen molar-refractivity contribution in [2.45, 2.75) is 195 Å². The van der Waals surface area contributed by atoms with E-state index in [1.54, 1.807) is 0 Å². The Kier molecular flexibility index (Phi) is 40.2. The van der Waals surface area contributed by atoms with E-state index in [1.807, 2.05) is 0 Å². The summed E-state index contributed by atoms with van der Waals surface area (Å²) in [5.74, 6) is -1.07. The molecular weight excluding hydrogens is 735 g/mol. The molecule has 0 saturated heterocycles. The molecule has 0 aromatic carbocycles. The number of hydrogen-bond donors (Lipinski definition) is 0. The third-order valence-corrected chi connectivity index (χ3v) is 10.4. The predicted octanol–water partition coefficient (Wildman–Crippen LogP) is 12.3. The van der Waals surface area contributed by atoms with Crippen molar-refractivity contribution in [1.82, 2.24) is 4.90 Å². The molecule has 0 aromatic heterocycles. The lowest BCUT2D eigenvalue weighted by Crippen LogP contribution is -2.27. The molecule has 0 bridgehead atoms. The maximum atomic E-state index is 12.6. The standard InChI is InChI=1S/C48H87NO9/c1-6-11-14-16-17-18-19-20-21-22-23-24-25-26-28-34-45(50)56-40-44(42-58-48(53)54-38-31-37-49(9-4)10-5)41-57-47(52)36-30-29-35-46(51)55-39-43(32-13-8-3)33-27-15-12-7-2/h17-18,20-21,43-44H,6-16,19,22-42H2,1-5H3/b18-17-,21-20-. The number of esters is 3. The highest BCUT2D eigenvalue weighted by atomic mass is 16.7. The van der Waals surface area contributed by atoms with E-state index in [0.717, 1.165) is 90.3 Å². The third-order valence-electron chi connectivity index (χ3n) is 10.4. The minimum atomic E-state index is -0.799. The second-order valence-electron chi connectivity index (χ2n) is 15.8. The van der Waals surface area contributed by atoms with E-state index >= 15 is 0 Å². The molecule has 0 aliphatic rings. The smallest absolute Gasteiger partial charge is 0.465 e. The zero-order chi connectivity index (χ0) is 42.7. The average molecular weight is 822 g/mol. The van der Waals surface area contributed by atoms with Crippen LogP contribution in [0.15, 0.2) is 24.3 Å². The Bertz CT molecular complexity index is 1040. The van der Waals surface area contributed by atoms with E-state index in [4.69, 9.17) is 23.7 Å². The number of rotatable bonds is 41. The van der Waals surface area contributed by atoms with Gasteiger partial charge in [0.1, 0.15) is 19.8 Å². The van der Waals surface area contributed by atoms with Crippen LogP contribution in [0, 0.1) is 11.8 Å². The topological polar surface area (TPSA) is 118 Å². The molecule has 10 nitrogen and oxygen atoms in total. The first-order chi connectivity index (χ1) is 28.3. The normalized spacial score (nSPS) is 12.6. The van der Waals surface area contributed by atoms with Crippen molar-refractivity contribution in [2.24, 2.45) is 11.8 Å². The fraction of sp³-hybridized carbons (Fsp3) is 0.833. The first-order valence-corrected chi connectivity index (χ1v) is 23.6. The molecule has 0 aliphatic carbocycles. The quantitative estimate of drug-likeness (QED) is 0.0255. The van der Waals surface area contributed by atoms with Crippen molar-refractivity contribution in [1.29, 1.82) is 0 Å². The molecule has 0 N–H and O–H groups in total. The van der Waals surface area contributed by atoms with Crippen molar-refractivity contribution in [3.63, 3.8) is 0 Å². The van der Waals surface area contributed by atoms with Gasteiger partial charge in [-0.25, -0.2) is 4.79 Å². The fourth-order valence-electron chi connectivity index (χ4n) is 6.49. The summed E-state index contributed by atoms with van der Waals surface area (Å²) in [5.41, 5.74) is 0. The first kappa shape index (κ1) is 55.1. The van der Waals surface area contributed by atoms with E-state index in [2.05, 4.69) is 63.8 Å². The van der Waals surface area contributed by atoms with Crippen LogP contribution in [0.2, 0.25) is 0 Å². The lowest BCUT2D eigenvalue weighted by Gasteiger charge is -2.18. The summed E-state index contributed by atoms with van der Waals surface area (Å²) >= 11 is 0. The van der Waals surface area contributed by atoms with Crippen molar-refractivity contribution < 1.29 is 42.9 Å². The Balaban J connectivity index is 4.58. The van der Waals surface area contributed by atoms with Crippen LogP contribution in [-0.4, -0.2) is 81.6 Å². The summed E-state index contributed by atoms with van der Waals surface area (Å²) in [6.07, 6.45) is 32.2. The summed E-state index contributed by atoms with van der Waals surface area (Å²) in [6, 6.07) is 0. The van der Waals surface area contributed by atoms with Gasteiger partial charge in [-0.15, -0.1) is 0 Å². The SMILES string of the molecule is CCCCC/C=C\C/C=C\CCCCCCCC(=O)OCC(COC(=O)CCCCC(=O)OCC(CCCC)CCCCCC)COC(=O)OCCCN(CC)CC. The molecular formula is C48H87NO9. The molecule has 0 aromatic rings. The fourth-order valence-corrected chi connectivity index (χ4v) is 6.49. The minimum Gasteiger partial charge on any atom is -0.465 e. The Morgan fingerprint density at radius 1 is 0.448 bits per heavy atom. The molecule has 2 unspecified atom stereocenters. The Labute approximate surface area is 354 Å². The summed E-state index contributed by atoms with van der Waals surface area (Å²) in [6.45, 7) is 14.0. The lowest BCUT2D eigenvalue weighted by atomic mass is 9.96. The molecule has 10 heteroatoms. The van der Waals surface area contributed by atoms with Gasteiger partial charge in [0, 0.05) is 25.8 Å². The van der Waals surface area contributed by atoms with E-state index < -0.39 is 18.0 Å². The molecule has 58 heavy (non-hydrogen) atoms. The van der Waals surface area contributed by atoms with Crippen LogP contribution in [0.1, 0.15) is 195 Å². The highest BCUT2D eigenvalue weighted by molar-refractivity contribution is 5.70. The van der Waals surface area contributed by atoms with Gasteiger partial charge in [-0.05, 0) is 89.6 Å². The molecule has 0 amide bonds. The number of ether oxygens (including phenoxy) is 5. The van der Waals surface area contributed by atoms with Gasteiger partial charge < -0.3 is 28.6 Å². The van der Waals surface area contributed by atoms with Gasteiger partial charge in [0.05, 0.1) is 19.1 Å². The Hall–Kier alpha value is -2.88. The Morgan fingerprint density at radius 2 is 0.897 bits per heavy atom. The number of hydrogen-bond acceptors (Lipinski definition) is 10.